The number of rotatable bonds is 6. The number of hydrogen-bond acceptors (Lipinski definition) is 3. The molecule has 2 rings (SSSR count). The van der Waals surface area contributed by atoms with Crippen molar-refractivity contribution in [1.82, 2.24) is 5.32 Å². The summed E-state index contributed by atoms with van der Waals surface area (Å²) in [6.45, 7) is 3.36. The van der Waals surface area contributed by atoms with Gasteiger partial charge >= 0.3 is 0 Å². The number of amides is 1. The van der Waals surface area contributed by atoms with Crippen LogP contribution >= 0.6 is 0 Å². The minimum Gasteiger partial charge on any atom is -0.497 e. The van der Waals surface area contributed by atoms with Crippen molar-refractivity contribution < 1.29 is 14.3 Å². The van der Waals surface area contributed by atoms with E-state index in [1.54, 1.807) is 19.2 Å². The zero-order valence-electron chi connectivity index (χ0n) is 12.9. The van der Waals surface area contributed by atoms with Gasteiger partial charge in [-0.05, 0) is 37.0 Å². The third kappa shape index (κ3) is 4.74. The first-order chi connectivity index (χ1) is 10.2. The summed E-state index contributed by atoms with van der Waals surface area (Å²) in [4.78, 5) is 12.0. The Morgan fingerprint density at radius 1 is 1.33 bits per heavy atom. The Morgan fingerprint density at radius 2 is 2.14 bits per heavy atom. The van der Waals surface area contributed by atoms with Gasteiger partial charge in [-0.2, -0.15) is 0 Å². The Hall–Kier alpha value is -1.55. The Kier molecular flexibility index (Phi) is 6.05. The molecule has 1 saturated carbocycles. The molecule has 1 aromatic carbocycles. The predicted octanol–water partition coefficient (Wildman–Crippen LogP) is 3.02. The highest BCUT2D eigenvalue weighted by molar-refractivity contribution is 5.94. The molecule has 1 aromatic rings. The maximum atomic E-state index is 12.0. The summed E-state index contributed by atoms with van der Waals surface area (Å²) in [7, 11) is 1.59. The quantitative estimate of drug-likeness (QED) is 0.820. The number of benzene rings is 1. The van der Waals surface area contributed by atoms with Crippen LogP contribution in [0, 0.1) is 5.92 Å². The molecule has 1 fully saturated rings. The summed E-state index contributed by atoms with van der Waals surface area (Å²) in [5.74, 6) is 1.23. The average Bonchev–Trinajstić information content (AvgIpc) is 2.53. The monoisotopic (exact) mass is 291 g/mol. The van der Waals surface area contributed by atoms with Crippen LogP contribution < -0.4 is 10.1 Å². The zero-order valence-corrected chi connectivity index (χ0v) is 12.9. The van der Waals surface area contributed by atoms with Crippen LogP contribution in [-0.4, -0.2) is 32.3 Å². The van der Waals surface area contributed by atoms with Crippen LogP contribution in [0.15, 0.2) is 24.3 Å². The fraction of sp³-hybridized carbons (Fsp3) is 0.588. The van der Waals surface area contributed by atoms with Gasteiger partial charge in [0.1, 0.15) is 5.75 Å². The largest absolute Gasteiger partial charge is 0.497 e. The van der Waals surface area contributed by atoms with Gasteiger partial charge in [0.15, 0.2) is 0 Å². The molecule has 21 heavy (non-hydrogen) atoms. The summed E-state index contributed by atoms with van der Waals surface area (Å²) in [5, 5.41) is 2.89. The topological polar surface area (TPSA) is 47.6 Å². The van der Waals surface area contributed by atoms with E-state index < -0.39 is 0 Å². The second-order valence-electron chi connectivity index (χ2n) is 5.66. The molecular formula is C17H25NO3. The maximum Gasteiger partial charge on any atom is 0.251 e. The molecule has 1 N–H and O–H groups in total. The normalized spacial score (nSPS) is 21.8. The summed E-state index contributed by atoms with van der Waals surface area (Å²) >= 11 is 0. The van der Waals surface area contributed by atoms with E-state index in [4.69, 9.17) is 9.47 Å². The Balaban J connectivity index is 1.71. The molecule has 0 aromatic heterocycles. The Labute approximate surface area is 126 Å². The number of ether oxygens (including phenoxy) is 2. The van der Waals surface area contributed by atoms with Crippen molar-refractivity contribution in [3.8, 4) is 5.75 Å². The molecule has 1 aliphatic rings. The van der Waals surface area contributed by atoms with Crippen LogP contribution in [0.3, 0.4) is 0 Å². The van der Waals surface area contributed by atoms with Gasteiger partial charge in [-0.25, -0.2) is 0 Å². The van der Waals surface area contributed by atoms with E-state index in [1.165, 1.54) is 19.3 Å². The highest BCUT2D eigenvalue weighted by Gasteiger charge is 2.21. The minimum absolute atomic E-state index is 0.0887. The summed E-state index contributed by atoms with van der Waals surface area (Å²) in [6.07, 6.45) is 5.32. The second kappa shape index (κ2) is 8.03. The van der Waals surface area contributed by atoms with Crippen LogP contribution in [0.5, 0.6) is 5.75 Å². The SMILES string of the molecule is COc1cccc(C(=O)NCCO[C@@H]2CCCC[C@@H]2C)c1. The molecule has 0 aliphatic heterocycles. The van der Waals surface area contributed by atoms with Gasteiger partial charge in [0.05, 0.1) is 19.8 Å². The van der Waals surface area contributed by atoms with Gasteiger partial charge in [0.25, 0.3) is 5.91 Å². The molecule has 0 unspecified atom stereocenters. The van der Waals surface area contributed by atoms with E-state index in [2.05, 4.69) is 12.2 Å². The van der Waals surface area contributed by atoms with Gasteiger partial charge < -0.3 is 14.8 Å². The molecule has 4 heteroatoms. The minimum atomic E-state index is -0.0887. The zero-order chi connectivity index (χ0) is 15.1. The third-order valence-corrected chi connectivity index (χ3v) is 4.08. The van der Waals surface area contributed by atoms with Gasteiger partial charge in [-0.15, -0.1) is 0 Å². The van der Waals surface area contributed by atoms with Crippen LogP contribution in [0.25, 0.3) is 0 Å². The first-order valence-electron chi connectivity index (χ1n) is 7.74. The first kappa shape index (κ1) is 15.8. The number of carbonyl (C=O) groups excluding carboxylic acids is 1. The molecule has 0 spiro atoms. The molecule has 0 radical (unpaired) electrons. The van der Waals surface area contributed by atoms with E-state index in [-0.39, 0.29) is 5.91 Å². The molecule has 1 amide bonds. The smallest absolute Gasteiger partial charge is 0.251 e. The molecule has 2 atom stereocenters. The van der Waals surface area contributed by atoms with Crippen LogP contribution in [-0.2, 0) is 4.74 Å². The van der Waals surface area contributed by atoms with Gasteiger partial charge in [-0.1, -0.05) is 25.8 Å². The number of nitrogens with one attached hydrogen (secondary N) is 1. The molecule has 4 nitrogen and oxygen atoms in total. The summed E-state index contributed by atoms with van der Waals surface area (Å²) in [5.41, 5.74) is 0.611. The van der Waals surface area contributed by atoms with Crippen molar-refractivity contribution in [3.63, 3.8) is 0 Å². The highest BCUT2D eigenvalue weighted by atomic mass is 16.5. The average molecular weight is 291 g/mol. The first-order valence-corrected chi connectivity index (χ1v) is 7.74. The van der Waals surface area contributed by atoms with Crippen molar-refractivity contribution in [2.45, 2.75) is 38.7 Å². The second-order valence-corrected chi connectivity index (χ2v) is 5.66. The van der Waals surface area contributed by atoms with Crippen molar-refractivity contribution in [3.05, 3.63) is 29.8 Å². The van der Waals surface area contributed by atoms with Gasteiger partial charge in [0.2, 0.25) is 0 Å². The van der Waals surface area contributed by atoms with Crippen molar-refractivity contribution >= 4 is 5.91 Å². The highest BCUT2D eigenvalue weighted by Crippen LogP contribution is 2.25. The van der Waals surface area contributed by atoms with Crippen molar-refractivity contribution in [1.29, 1.82) is 0 Å². The number of hydrogen-bond donors (Lipinski definition) is 1. The third-order valence-electron chi connectivity index (χ3n) is 4.08. The van der Waals surface area contributed by atoms with E-state index >= 15 is 0 Å². The lowest BCUT2D eigenvalue weighted by molar-refractivity contribution is -0.00293. The predicted molar refractivity (Wildman–Crippen MR) is 82.7 cm³/mol. The molecular weight excluding hydrogens is 266 g/mol. The van der Waals surface area contributed by atoms with E-state index in [1.807, 2.05) is 12.1 Å². The lowest BCUT2D eigenvalue weighted by Crippen LogP contribution is -2.31. The fourth-order valence-corrected chi connectivity index (χ4v) is 2.77. The number of carbonyl (C=O) groups is 1. The van der Waals surface area contributed by atoms with Crippen LogP contribution in [0.4, 0.5) is 0 Å². The maximum absolute atomic E-state index is 12.0. The molecule has 0 saturated heterocycles. The molecule has 116 valence electrons. The Bertz CT molecular complexity index is 461. The van der Waals surface area contributed by atoms with Crippen molar-refractivity contribution in [2.24, 2.45) is 5.92 Å². The van der Waals surface area contributed by atoms with E-state index in [9.17, 15) is 4.79 Å². The fourth-order valence-electron chi connectivity index (χ4n) is 2.77. The molecule has 1 aliphatic carbocycles. The summed E-state index contributed by atoms with van der Waals surface area (Å²) < 4.78 is 11.0. The standard InChI is InChI=1S/C17H25NO3/c1-13-6-3-4-9-16(13)21-11-10-18-17(19)14-7-5-8-15(12-14)20-2/h5,7-8,12-13,16H,3-4,6,9-11H2,1-2H3,(H,18,19)/t13-,16+/m0/s1. The lowest BCUT2D eigenvalue weighted by Gasteiger charge is -2.28. The summed E-state index contributed by atoms with van der Waals surface area (Å²) in [6, 6.07) is 7.15. The van der Waals surface area contributed by atoms with Gasteiger partial charge in [-0.3, -0.25) is 4.79 Å². The van der Waals surface area contributed by atoms with Crippen LogP contribution in [0.2, 0.25) is 0 Å². The van der Waals surface area contributed by atoms with E-state index in [0.29, 0.717) is 36.5 Å². The molecule has 0 bridgehead atoms. The van der Waals surface area contributed by atoms with Gasteiger partial charge in [0, 0.05) is 12.1 Å². The number of methoxy groups -OCH3 is 1. The Morgan fingerprint density at radius 3 is 2.90 bits per heavy atom. The van der Waals surface area contributed by atoms with Crippen molar-refractivity contribution in [2.75, 3.05) is 20.3 Å². The van der Waals surface area contributed by atoms with Crippen LogP contribution in [0.1, 0.15) is 43.0 Å². The van der Waals surface area contributed by atoms with E-state index in [0.717, 1.165) is 6.42 Å². The molecule has 0 heterocycles. The lowest BCUT2D eigenvalue weighted by atomic mass is 9.88.